The molecule has 0 saturated carbocycles. The second kappa shape index (κ2) is 5.77. The molecule has 3 rings (SSSR count). The molecule has 8 heteroatoms. The van der Waals surface area contributed by atoms with Crippen molar-refractivity contribution in [3.63, 3.8) is 0 Å². The number of para-hydroxylation sites is 1. The zero-order chi connectivity index (χ0) is 17.5. The Labute approximate surface area is 133 Å². The third-order valence-corrected chi connectivity index (χ3v) is 3.63. The highest BCUT2D eigenvalue weighted by molar-refractivity contribution is 6.01. The van der Waals surface area contributed by atoms with Crippen molar-refractivity contribution < 1.29 is 26.7 Å². The van der Waals surface area contributed by atoms with Crippen LogP contribution in [0.4, 0.5) is 27.6 Å². The number of nitrogens with zero attached hydrogens (tertiary/aromatic N) is 1. The van der Waals surface area contributed by atoms with Crippen molar-refractivity contribution in [2.24, 2.45) is 0 Å². The second-order valence-corrected chi connectivity index (χ2v) is 5.31. The molecule has 1 N–H and O–H groups in total. The van der Waals surface area contributed by atoms with Crippen LogP contribution < -0.4 is 5.32 Å². The molecule has 1 atom stereocenters. The number of fused-ring (bicyclic) bond motifs is 1. The minimum absolute atomic E-state index is 0.0560. The van der Waals surface area contributed by atoms with Gasteiger partial charge in [0.15, 0.2) is 0 Å². The Morgan fingerprint density at radius 2 is 1.79 bits per heavy atom. The van der Waals surface area contributed by atoms with Gasteiger partial charge < -0.3 is 10.2 Å². The van der Waals surface area contributed by atoms with Gasteiger partial charge in [-0.15, -0.1) is 0 Å². The van der Waals surface area contributed by atoms with E-state index < -0.39 is 36.4 Å². The van der Waals surface area contributed by atoms with Crippen molar-refractivity contribution >= 4 is 11.6 Å². The number of benzene rings is 2. The minimum Gasteiger partial charge on any atom is -0.361 e. The van der Waals surface area contributed by atoms with Gasteiger partial charge in [-0.2, -0.15) is 13.2 Å². The van der Waals surface area contributed by atoms with Crippen LogP contribution in [0.1, 0.15) is 22.1 Å². The molecule has 3 nitrogen and oxygen atoms in total. The summed E-state index contributed by atoms with van der Waals surface area (Å²) in [5, 5.41) is 2.72. The van der Waals surface area contributed by atoms with Crippen molar-refractivity contribution in [2.75, 3.05) is 11.9 Å². The largest absolute Gasteiger partial charge is 0.406 e. The lowest BCUT2D eigenvalue weighted by molar-refractivity contribution is -0.144. The molecule has 0 bridgehead atoms. The Morgan fingerprint density at radius 3 is 2.46 bits per heavy atom. The first-order valence-corrected chi connectivity index (χ1v) is 6.94. The molecule has 1 heterocycles. The number of rotatable bonds is 2. The summed E-state index contributed by atoms with van der Waals surface area (Å²) >= 11 is 0. The van der Waals surface area contributed by atoms with E-state index in [1.165, 1.54) is 18.2 Å². The minimum atomic E-state index is -4.67. The van der Waals surface area contributed by atoms with Crippen molar-refractivity contribution in [3.8, 4) is 0 Å². The summed E-state index contributed by atoms with van der Waals surface area (Å²) in [7, 11) is 0. The maximum atomic E-state index is 14.0. The predicted octanol–water partition coefficient (Wildman–Crippen LogP) is 4.09. The second-order valence-electron chi connectivity index (χ2n) is 5.31. The molecule has 2 aromatic carbocycles. The molecular weight excluding hydrogens is 331 g/mol. The van der Waals surface area contributed by atoms with E-state index in [4.69, 9.17) is 0 Å². The lowest BCUT2D eigenvalue weighted by Gasteiger charge is -2.38. The lowest BCUT2D eigenvalue weighted by Crippen LogP contribution is -2.47. The van der Waals surface area contributed by atoms with Crippen LogP contribution in [0, 0.1) is 11.6 Å². The maximum absolute atomic E-state index is 14.0. The molecule has 126 valence electrons. The molecule has 2 aromatic rings. The van der Waals surface area contributed by atoms with Crippen molar-refractivity contribution in [2.45, 2.75) is 12.3 Å². The molecule has 1 amide bonds. The molecule has 0 spiro atoms. The van der Waals surface area contributed by atoms with Crippen LogP contribution in [0.15, 0.2) is 42.5 Å². The van der Waals surface area contributed by atoms with Gasteiger partial charge in [-0.3, -0.25) is 4.79 Å². The van der Waals surface area contributed by atoms with Crippen LogP contribution in [0.2, 0.25) is 0 Å². The zero-order valence-electron chi connectivity index (χ0n) is 12.1. The van der Waals surface area contributed by atoms with Crippen LogP contribution in [0.3, 0.4) is 0 Å². The molecule has 0 aliphatic carbocycles. The molecule has 1 unspecified atom stereocenters. The molecule has 0 radical (unpaired) electrons. The molecule has 1 aliphatic rings. The first kappa shape index (κ1) is 16.2. The van der Waals surface area contributed by atoms with E-state index >= 15 is 0 Å². The maximum Gasteiger partial charge on any atom is 0.406 e. The topological polar surface area (TPSA) is 32.3 Å². The van der Waals surface area contributed by atoms with Crippen molar-refractivity contribution in [1.29, 1.82) is 0 Å². The van der Waals surface area contributed by atoms with Gasteiger partial charge in [-0.25, -0.2) is 8.78 Å². The highest BCUT2D eigenvalue weighted by Gasteiger charge is 2.41. The number of hydrogen-bond donors (Lipinski definition) is 1. The van der Waals surface area contributed by atoms with E-state index in [1.807, 2.05) is 0 Å². The fourth-order valence-corrected chi connectivity index (χ4v) is 2.62. The number of amides is 1. The molecule has 0 fully saturated rings. The summed E-state index contributed by atoms with van der Waals surface area (Å²) in [5.41, 5.74) is 0.0960. The number of halogens is 5. The average Bonchev–Trinajstić information content (AvgIpc) is 2.49. The van der Waals surface area contributed by atoms with Gasteiger partial charge in [-0.1, -0.05) is 12.1 Å². The van der Waals surface area contributed by atoms with Gasteiger partial charge >= 0.3 is 6.18 Å². The van der Waals surface area contributed by atoms with E-state index in [-0.39, 0.29) is 16.8 Å². The number of anilines is 1. The van der Waals surface area contributed by atoms with Gasteiger partial charge in [0.1, 0.15) is 24.3 Å². The van der Waals surface area contributed by atoms with Crippen molar-refractivity contribution in [1.82, 2.24) is 4.90 Å². The van der Waals surface area contributed by atoms with Gasteiger partial charge in [0, 0.05) is 17.3 Å². The van der Waals surface area contributed by atoms with E-state index in [1.54, 1.807) is 6.07 Å². The fourth-order valence-electron chi connectivity index (χ4n) is 2.62. The molecular formula is C16H11F5N2O. The molecule has 1 aliphatic heterocycles. The summed E-state index contributed by atoms with van der Waals surface area (Å²) in [5.74, 6) is -2.77. The molecule has 24 heavy (non-hydrogen) atoms. The zero-order valence-corrected chi connectivity index (χ0v) is 12.1. The first-order valence-electron chi connectivity index (χ1n) is 6.94. The Hall–Kier alpha value is -2.64. The molecule has 0 aromatic heterocycles. The van der Waals surface area contributed by atoms with Gasteiger partial charge in [-0.05, 0) is 24.3 Å². The number of nitrogens with one attached hydrogen (secondary N) is 1. The van der Waals surface area contributed by atoms with Crippen LogP contribution in [-0.2, 0) is 0 Å². The number of carbonyl (C=O) groups is 1. The van der Waals surface area contributed by atoms with Crippen LogP contribution in [0.25, 0.3) is 0 Å². The fraction of sp³-hybridized carbons (Fsp3) is 0.188. The standard InChI is InChI=1S/C16H11F5N2O/c17-9-5-6-10(12(18)7-9)14-22-13-4-2-1-3-11(13)15(24)23(14)8-16(19,20)21/h1-7,14,22H,8H2. The summed E-state index contributed by atoms with van der Waals surface area (Å²) in [4.78, 5) is 12.9. The van der Waals surface area contributed by atoms with Crippen molar-refractivity contribution in [3.05, 3.63) is 65.2 Å². The highest BCUT2D eigenvalue weighted by Crippen LogP contribution is 2.36. The van der Waals surface area contributed by atoms with E-state index in [0.29, 0.717) is 11.0 Å². The van der Waals surface area contributed by atoms with E-state index in [2.05, 4.69) is 5.32 Å². The Morgan fingerprint density at radius 1 is 1.08 bits per heavy atom. The predicted molar refractivity (Wildman–Crippen MR) is 76.3 cm³/mol. The monoisotopic (exact) mass is 342 g/mol. The summed E-state index contributed by atoms with van der Waals surface area (Å²) in [6, 6.07) is 8.51. The summed E-state index contributed by atoms with van der Waals surface area (Å²) in [6.07, 6.45) is -6.06. The number of carbonyl (C=O) groups excluding carboxylic acids is 1. The third kappa shape index (κ3) is 3.04. The molecule has 0 saturated heterocycles. The van der Waals surface area contributed by atoms with Gasteiger partial charge in [0.25, 0.3) is 5.91 Å². The third-order valence-electron chi connectivity index (χ3n) is 3.63. The first-order chi connectivity index (χ1) is 11.3. The van der Waals surface area contributed by atoms with Crippen LogP contribution in [-0.4, -0.2) is 23.5 Å². The van der Waals surface area contributed by atoms with Gasteiger partial charge in [0.05, 0.1) is 5.56 Å². The number of alkyl halides is 3. The average molecular weight is 342 g/mol. The highest BCUT2D eigenvalue weighted by atomic mass is 19.4. The van der Waals surface area contributed by atoms with Crippen LogP contribution in [0.5, 0.6) is 0 Å². The Kier molecular flexibility index (Phi) is 3.90. The quantitative estimate of drug-likeness (QED) is 0.834. The SMILES string of the molecule is O=C1c2ccccc2NC(c2ccc(F)cc2F)N1CC(F)(F)F. The van der Waals surface area contributed by atoms with Gasteiger partial charge in [0.2, 0.25) is 0 Å². The summed E-state index contributed by atoms with van der Waals surface area (Å²) in [6.45, 7) is -1.56. The van der Waals surface area contributed by atoms with Crippen LogP contribution >= 0.6 is 0 Å². The Balaban J connectivity index is 2.09. The van der Waals surface area contributed by atoms with E-state index in [9.17, 15) is 26.7 Å². The normalized spacial score (nSPS) is 17.5. The Bertz CT molecular complexity index is 790. The summed E-state index contributed by atoms with van der Waals surface area (Å²) < 4.78 is 65.7. The number of hydrogen-bond acceptors (Lipinski definition) is 2. The lowest BCUT2D eigenvalue weighted by atomic mass is 10.0. The smallest absolute Gasteiger partial charge is 0.361 e. The van der Waals surface area contributed by atoms with E-state index in [0.717, 1.165) is 12.1 Å².